The molecule has 0 aromatic rings. The molecule has 0 spiro atoms. The second kappa shape index (κ2) is 7.35. The molecule has 0 saturated heterocycles. The van der Waals surface area contributed by atoms with E-state index in [1.54, 1.807) is 6.92 Å². The van der Waals surface area contributed by atoms with E-state index in [4.69, 9.17) is 21.4 Å². The summed E-state index contributed by atoms with van der Waals surface area (Å²) in [6.45, 7) is 1.73. The Hall–Kier alpha value is -0.650. The normalized spacial score (nSPS) is 11.1. The van der Waals surface area contributed by atoms with Crippen LogP contribution >= 0.6 is 0 Å². The zero-order chi connectivity index (χ0) is 7.86. The van der Waals surface area contributed by atoms with Gasteiger partial charge in [-0.3, -0.25) is 15.3 Å². The van der Waals surface area contributed by atoms with E-state index in [1.807, 2.05) is 0 Å². The maximum absolute atomic E-state index is 9.81. The van der Waals surface area contributed by atoms with Gasteiger partial charge in [0.2, 0.25) is 0 Å². The lowest BCUT2D eigenvalue weighted by atomic mass is 10.2. The second-order valence-corrected chi connectivity index (χ2v) is 1.35. The molecule has 0 aromatic heterocycles. The van der Waals surface area contributed by atoms with Gasteiger partial charge in [0.15, 0.2) is 0 Å². The Labute approximate surface area is 52.7 Å². The predicted molar refractivity (Wildman–Crippen MR) is 31.2 cm³/mol. The van der Waals surface area contributed by atoms with Crippen LogP contribution in [-0.4, -0.2) is 27.6 Å². The van der Waals surface area contributed by atoms with Crippen molar-refractivity contribution in [3.63, 3.8) is 0 Å². The van der Waals surface area contributed by atoms with Crippen LogP contribution in [0.4, 0.5) is 0 Å². The number of nitrogens with two attached hydrogens (primary N) is 1. The van der Waals surface area contributed by atoms with Gasteiger partial charge in [0, 0.05) is 0 Å². The lowest BCUT2D eigenvalue weighted by molar-refractivity contribution is -0.176. The lowest BCUT2D eigenvalue weighted by Crippen LogP contribution is -2.28. The third-order valence-electron chi connectivity index (χ3n) is 0.757. The summed E-state index contributed by atoms with van der Waals surface area (Å²) in [6, 6.07) is -0.681. The van der Waals surface area contributed by atoms with Crippen LogP contribution in [0.15, 0.2) is 0 Å². The molecule has 0 aliphatic carbocycles. The number of carboxylic acid groups (broad SMARTS) is 1. The van der Waals surface area contributed by atoms with Crippen molar-refractivity contribution in [1.29, 1.82) is 0 Å². The molecule has 0 aliphatic rings. The van der Waals surface area contributed by atoms with Gasteiger partial charge in [0.25, 0.3) is 0 Å². The molecule has 9 heavy (non-hydrogen) atoms. The van der Waals surface area contributed by atoms with E-state index in [1.165, 1.54) is 0 Å². The van der Waals surface area contributed by atoms with E-state index in [0.717, 1.165) is 0 Å². The summed E-state index contributed by atoms with van der Waals surface area (Å²) in [4.78, 5) is 9.81. The first-order valence-electron chi connectivity index (χ1n) is 2.37. The smallest absolute Gasteiger partial charge is 0.320 e. The lowest BCUT2D eigenvalue weighted by Gasteiger charge is -1.97. The molecule has 1 atom stereocenters. The molecular weight excluding hydrogens is 126 g/mol. The molecule has 1 unspecified atom stereocenters. The monoisotopic (exact) mass is 137 g/mol. The standard InChI is InChI=1S/C4H9NO2.H2O2/c1-2-3(5)4(6)7;1-2/h3H,2,5H2,1H3,(H,6,7);1-2H. The first-order chi connectivity index (χ1) is 4.18. The van der Waals surface area contributed by atoms with Crippen molar-refractivity contribution >= 4 is 5.97 Å². The number of hydrogen-bond acceptors (Lipinski definition) is 4. The van der Waals surface area contributed by atoms with Crippen LogP contribution in [0, 0.1) is 0 Å². The Morgan fingerprint density at radius 1 is 1.67 bits per heavy atom. The number of carboxylic acids is 1. The van der Waals surface area contributed by atoms with Crippen molar-refractivity contribution in [1.82, 2.24) is 0 Å². The molecule has 5 heteroatoms. The first-order valence-corrected chi connectivity index (χ1v) is 2.37. The molecule has 0 radical (unpaired) electrons. The SMILES string of the molecule is CCC(N)C(=O)O.OO. The van der Waals surface area contributed by atoms with Gasteiger partial charge in [-0.1, -0.05) is 6.92 Å². The van der Waals surface area contributed by atoms with Crippen LogP contribution in [-0.2, 0) is 4.79 Å². The Balaban J connectivity index is 0. The highest BCUT2D eigenvalue weighted by molar-refractivity contribution is 5.72. The molecule has 0 amide bonds. The molecule has 5 nitrogen and oxygen atoms in total. The zero-order valence-electron chi connectivity index (χ0n) is 5.11. The number of hydrogen-bond donors (Lipinski definition) is 4. The highest BCUT2D eigenvalue weighted by Crippen LogP contribution is 1.82. The number of aliphatic carboxylic acids is 1. The third-order valence-corrected chi connectivity index (χ3v) is 0.757. The average Bonchev–Trinajstić information content (AvgIpc) is 1.91. The number of carbonyl (C=O) groups is 1. The van der Waals surface area contributed by atoms with Crippen LogP contribution < -0.4 is 5.73 Å². The summed E-state index contributed by atoms with van der Waals surface area (Å²) >= 11 is 0. The fourth-order valence-electron chi connectivity index (χ4n) is 0.175. The van der Waals surface area contributed by atoms with Gasteiger partial charge in [-0.15, -0.1) is 0 Å². The maximum atomic E-state index is 9.81. The highest BCUT2D eigenvalue weighted by Gasteiger charge is 2.05. The fraction of sp³-hybridized carbons (Fsp3) is 0.750. The summed E-state index contributed by atoms with van der Waals surface area (Å²) < 4.78 is 0. The Bertz CT molecular complexity index is 75.0. The van der Waals surface area contributed by atoms with E-state index in [-0.39, 0.29) is 0 Å². The minimum absolute atomic E-state index is 0.495. The third kappa shape index (κ3) is 7.35. The summed E-state index contributed by atoms with van der Waals surface area (Å²) in [7, 11) is 0. The zero-order valence-corrected chi connectivity index (χ0v) is 5.11. The van der Waals surface area contributed by atoms with Gasteiger partial charge in [0.1, 0.15) is 6.04 Å². The van der Waals surface area contributed by atoms with E-state index >= 15 is 0 Å². The Kier molecular flexibility index (Phi) is 9.14. The largest absolute Gasteiger partial charge is 0.480 e. The van der Waals surface area contributed by atoms with Crippen molar-refractivity contribution in [2.24, 2.45) is 5.73 Å². The van der Waals surface area contributed by atoms with Gasteiger partial charge >= 0.3 is 5.97 Å². The minimum atomic E-state index is -0.928. The Morgan fingerprint density at radius 3 is 2.00 bits per heavy atom. The maximum Gasteiger partial charge on any atom is 0.320 e. The first kappa shape index (κ1) is 11.2. The summed E-state index contributed by atoms with van der Waals surface area (Å²) in [5, 5.41) is 20.1. The van der Waals surface area contributed by atoms with E-state index in [0.29, 0.717) is 6.42 Å². The molecule has 0 heterocycles. The molecule has 0 saturated carbocycles. The average molecular weight is 137 g/mol. The van der Waals surface area contributed by atoms with Crippen LogP contribution in [0.5, 0.6) is 0 Å². The molecule has 56 valence electrons. The van der Waals surface area contributed by atoms with Crippen molar-refractivity contribution in [2.45, 2.75) is 19.4 Å². The molecule has 0 rings (SSSR count). The van der Waals surface area contributed by atoms with E-state index in [2.05, 4.69) is 0 Å². The van der Waals surface area contributed by atoms with Crippen molar-refractivity contribution < 1.29 is 20.4 Å². The quantitative estimate of drug-likeness (QED) is 0.312. The van der Waals surface area contributed by atoms with Crippen LogP contribution in [0.3, 0.4) is 0 Å². The van der Waals surface area contributed by atoms with Crippen molar-refractivity contribution in [3.8, 4) is 0 Å². The van der Waals surface area contributed by atoms with Crippen LogP contribution in [0.25, 0.3) is 0 Å². The molecule has 5 N–H and O–H groups in total. The molecule has 0 fully saturated rings. The predicted octanol–water partition coefficient (Wildman–Crippen LogP) is -0.174. The fourth-order valence-corrected chi connectivity index (χ4v) is 0.175. The molecule has 0 aliphatic heterocycles. The summed E-state index contributed by atoms with van der Waals surface area (Å²) in [6.07, 6.45) is 0.495. The second-order valence-electron chi connectivity index (χ2n) is 1.35. The summed E-state index contributed by atoms with van der Waals surface area (Å²) in [5.41, 5.74) is 5.02. The Morgan fingerprint density at radius 2 is 2.00 bits per heavy atom. The summed E-state index contributed by atoms with van der Waals surface area (Å²) in [5.74, 6) is -0.928. The van der Waals surface area contributed by atoms with Crippen molar-refractivity contribution in [3.05, 3.63) is 0 Å². The van der Waals surface area contributed by atoms with Gasteiger partial charge in [-0.05, 0) is 6.42 Å². The van der Waals surface area contributed by atoms with Gasteiger partial charge < -0.3 is 10.8 Å². The van der Waals surface area contributed by atoms with Crippen LogP contribution in [0.2, 0.25) is 0 Å². The molecule has 0 bridgehead atoms. The van der Waals surface area contributed by atoms with Crippen LogP contribution in [0.1, 0.15) is 13.3 Å². The molecular formula is C4H11NO4. The number of rotatable bonds is 2. The minimum Gasteiger partial charge on any atom is -0.480 e. The highest BCUT2D eigenvalue weighted by atomic mass is 17.0. The van der Waals surface area contributed by atoms with E-state index < -0.39 is 12.0 Å². The van der Waals surface area contributed by atoms with Crippen molar-refractivity contribution in [2.75, 3.05) is 0 Å². The molecule has 0 aromatic carbocycles. The van der Waals surface area contributed by atoms with E-state index in [9.17, 15) is 4.79 Å². The topological polar surface area (TPSA) is 104 Å². The van der Waals surface area contributed by atoms with Gasteiger partial charge in [0.05, 0.1) is 0 Å². The van der Waals surface area contributed by atoms with Gasteiger partial charge in [-0.2, -0.15) is 0 Å². The van der Waals surface area contributed by atoms with Gasteiger partial charge in [-0.25, -0.2) is 0 Å².